The van der Waals surface area contributed by atoms with E-state index in [-0.39, 0.29) is 0 Å². The van der Waals surface area contributed by atoms with E-state index in [4.69, 9.17) is 0 Å². The van der Waals surface area contributed by atoms with Gasteiger partial charge in [-0.1, -0.05) is 60.7 Å². The molecular weight excluding hydrogens is 280 g/mol. The highest BCUT2D eigenvalue weighted by Gasteiger charge is 2.25. The SMILES string of the molecule is CNC1CCC(N(Cc2ccccc2)Cc2ccccc2)CC1. The molecule has 1 aliphatic rings. The van der Waals surface area contributed by atoms with E-state index < -0.39 is 0 Å². The lowest BCUT2D eigenvalue weighted by Gasteiger charge is -2.37. The summed E-state index contributed by atoms with van der Waals surface area (Å²) in [7, 11) is 2.09. The maximum absolute atomic E-state index is 3.44. The summed E-state index contributed by atoms with van der Waals surface area (Å²) < 4.78 is 0. The second-order valence-electron chi connectivity index (χ2n) is 6.67. The Hall–Kier alpha value is -1.64. The van der Waals surface area contributed by atoms with Crippen LogP contribution in [0.5, 0.6) is 0 Å². The molecule has 1 saturated carbocycles. The van der Waals surface area contributed by atoms with E-state index in [2.05, 4.69) is 77.9 Å². The average Bonchev–Trinajstić information content (AvgIpc) is 2.63. The van der Waals surface area contributed by atoms with Gasteiger partial charge in [0.2, 0.25) is 0 Å². The molecule has 1 aliphatic carbocycles. The van der Waals surface area contributed by atoms with Crippen LogP contribution in [0.4, 0.5) is 0 Å². The molecule has 0 radical (unpaired) electrons. The van der Waals surface area contributed by atoms with E-state index in [1.165, 1.54) is 36.8 Å². The Kier molecular flexibility index (Phi) is 5.84. The van der Waals surface area contributed by atoms with Gasteiger partial charge in [0.1, 0.15) is 0 Å². The van der Waals surface area contributed by atoms with E-state index in [0.717, 1.165) is 13.1 Å². The predicted octanol–water partition coefficient (Wildman–Crippen LogP) is 4.22. The lowest BCUT2D eigenvalue weighted by molar-refractivity contribution is 0.130. The molecule has 0 aliphatic heterocycles. The Bertz CT molecular complexity index is 517. The number of nitrogens with zero attached hydrogens (tertiary/aromatic N) is 1. The summed E-state index contributed by atoms with van der Waals surface area (Å²) in [5.74, 6) is 0. The van der Waals surface area contributed by atoms with Gasteiger partial charge in [0.25, 0.3) is 0 Å². The van der Waals surface area contributed by atoms with Crippen LogP contribution < -0.4 is 5.32 Å². The first-order valence-corrected chi connectivity index (χ1v) is 8.84. The van der Waals surface area contributed by atoms with Crippen LogP contribution in [0.25, 0.3) is 0 Å². The Balaban J connectivity index is 1.70. The average molecular weight is 308 g/mol. The van der Waals surface area contributed by atoms with Gasteiger partial charge in [-0.05, 0) is 43.9 Å². The highest BCUT2D eigenvalue weighted by atomic mass is 15.2. The van der Waals surface area contributed by atoms with E-state index in [0.29, 0.717) is 12.1 Å². The molecule has 0 aromatic heterocycles. The minimum Gasteiger partial charge on any atom is -0.317 e. The molecule has 0 bridgehead atoms. The van der Waals surface area contributed by atoms with Crippen LogP contribution in [0.1, 0.15) is 36.8 Å². The molecule has 1 fully saturated rings. The number of benzene rings is 2. The van der Waals surface area contributed by atoms with Crippen molar-refractivity contribution >= 4 is 0 Å². The quantitative estimate of drug-likeness (QED) is 0.859. The van der Waals surface area contributed by atoms with Gasteiger partial charge < -0.3 is 5.32 Å². The van der Waals surface area contributed by atoms with Crippen LogP contribution in [0.15, 0.2) is 60.7 Å². The van der Waals surface area contributed by atoms with Gasteiger partial charge in [-0.25, -0.2) is 0 Å². The fourth-order valence-electron chi connectivity index (χ4n) is 3.68. The van der Waals surface area contributed by atoms with Gasteiger partial charge in [-0.15, -0.1) is 0 Å². The van der Waals surface area contributed by atoms with Gasteiger partial charge in [0, 0.05) is 25.2 Å². The molecule has 0 atom stereocenters. The van der Waals surface area contributed by atoms with Crippen LogP contribution in [-0.4, -0.2) is 24.0 Å². The van der Waals surface area contributed by atoms with Crippen LogP contribution in [-0.2, 0) is 13.1 Å². The maximum Gasteiger partial charge on any atom is 0.0240 e. The molecular formula is C21H28N2. The minimum absolute atomic E-state index is 0.694. The third-order valence-corrected chi connectivity index (χ3v) is 5.08. The van der Waals surface area contributed by atoms with Crippen LogP contribution >= 0.6 is 0 Å². The molecule has 2 aromatic carbocycles. The zero-order chi connectivity index (χ0) is 15.9. The van der Waals surface area contributed by atoms with Crippen LogP contribution in [0, 0.1) is 0 Å². The topological polar surface area (TPSA) is 15.3 Å². The van der Waals surface area contributed by atoms with E-state index in [1.54, 1.807) is 0 Å². The maximum atomic E-state index is 3.44. The molecule has 1 N–H and O–H groups in total. The van der Waals surface area contributed by atoms with E-state index in [9.17, 15) is 0 Å². The molecule has 0 saturated heterocycles. The van der Waals surface area contributed by atoms with Gasteiger partial charge >= 0.3 is 0 Å². The van der Waals surface area contributed by atoms with Crippen LogP contribution in [0.2, 0.25) is 0 Å². The van der Waals surface area contributed by atoms with E-state index >= 15 is 0 Å². The molecule has 0 amide bonds. The Morgan fingerprint density at radius 3 is 1.70 bits per heavy atom. The highest BCUT2D eigenvalue weighted by Crippen LogP contribution is 2.26. The van der Waals surface area contributed by atoms with Crippen molar-refractivity contribution in [3.8, 4) is 0 Å². The Labute approximate surface area is 140 Å². The summed E-state index contributed by atoms with van der Waals surface area (Å²) in [5.41, 5.74) is 2.83. The van der Waals surface area contributed by atoms with Crippen molar-refractivity contribution in [2.75, 3.05) is 7.05 Å². The third kappa shape index (κ3) is 4.66. The number of nitrogens with one attached hydrogen (secondary N) is 1. The fourth-order valence-corrected chi connectivity index (χ4v) is 3.68. The molecule has 2 heteroatoms. The van der Waals surface area contributed by atoms with Crippen LogP contribution in [0.3, 0.4) is 0 Å². The molecule has 0 unspecified atom stereocenters. The van der Waals surface area contributed by atoms with E-state index in [1.807, 2.05) is 0 Å². The van der Waals surface area contributed by atoms with Crippen molar-refractivity contribution in [3.05, 3.63) is 71.8 Å². The zero-order valence-electron chi connectivity index (χ0n) is 14.1. The summed E-state index contributed by atoms with van der Waals surface area (Å²) >= 11 is 0. The number of rotatable bonds is 6. The smallest absolute Gasteiger partial charge is 0.0240 e. The summed E-state index contributed by atoms with van der Waals surface area (Å²) in [4.78, 5) is 2.68. The van der Waals surface area contributed by atoms with Crippen molar-refractivity contribution < 1.29 is 0 Å². The predicted molar refractivity (Wildman–Crippen MR) is 97.2 cm³/mol. The standard InChI is InChI=1S/C21H28N2/c1-22-20-12-14-21(15-13-20)23(16-18-8-4-2-5-9-18)17-19-10-6-3-7-11-19/h2-11,20-22H,12-17H2,1H3. The fraction of sp³-hybridized carbons (Fsp3) is 0.429. The summed E-state index contributed by atoms with van der Waals surface area (Å²) in [6.45, 7) is 2.09. The number of hydrogen-bond donors (Lipinski definition) is 1. The Morgan fingerprint density at radius 2 is 1.26 bits per heavy atom. The van der Waals surface area contributed by atoms with Crippen molar-refractivity contribution in [2.24, 2.45) is 0 Å². The van der Waals surface area contributed by atoms with Gasteiger partial charge in [-0.3, -0.25) is 4.90 Å². The molecule has 23 heavy (non-hydrogen) atoms. The lowest BCUT2D eigenvalue weighted by Crippen LogP contribution is -2.41. The second kappa shape index (κ2) is 8.28. The first-order valence-electron chi connectivity index (χ1n) is 8.84. The van der Waals surface area contributed by atoms with Crippen molar-refractivity contribution in [2.45, 2.75) is 50.9 Å². The minimum atomic E-state index is 0.694. The second-order valence-corrected chi connectivity index (χ2v) is 6.67. The highest BCUT2D eigenvalue weighted by molar-refractivity contribution is 5.17. The van der Waals surface area contributed by atoms with Crippen molar-refractivity contribution in [1.29, 1.82) is 0 Å². The summed E-state index contributed by atoms with van der Waals surface area (Å²) in [6, 6.07) is 23.2. The van der Waals surface area contributed by atoms with Gasteiger partial charge in [0.05, 0.1) is 0 Å². The van der Waals surface area contributed by atoms with Crippen molar-refractivity contribution in [1.82, 2.24) is 10.2 Å². The monoisotopic (exact) mass is 308 g/mol. The Morgan fingerprint density at radius 1 is 0.783 bits per heavy atom. The largest absolute Gasteiger partial charge is 0.317 e. The molecule has 0 spiro atoms. The molecule has 0 heterocycles. The number of hydrogen-bond acceptors (Lipinski definition) is 2. The molecule has 3 rings (SSSR count). The third-order valence-electron chi connectivity index (χ3n) is 5.08. The normalized spacial score (nSPS) is 21.5. The zero-order valence-corrected chi connectivity index (χ0v) is 14.1. The summed E-state index contributed by atoms with van der Waals surface area (Å²) in [5, 5.41) is 3.44. The first kappa shape index (κ1) is 16.2. The molecule has 2 nitrogen and oxygen atoms in total. The molecule has 2 aromatic rings. The first-order chi connectivity index (χ1) is 11.3. The van der Waals surface area contributed by atoms with Gasteiger partial charge in [-0.2, -0.15) is 0 Å². The lowest BCUT2D eigenvalue weighted by atomic mass is 9.89. The molecule has 122 valence electrons. The van der Waals surface area contributed by atoms with Crippen molar-refractivity contribution in [3.63, 3.8) is 0 Å². The summed E-state index contributed by atoms with van der Waals surface area (Å²) in [6.07, 6.45) is 5.18. The van der Waals surface area contributed by atoms with Gasteiger partial charge in [0.15, 0.2) is 0 Å².